The number of rotatable bonds is 24. The molecule has 1 fully saturated rings. The van der Waals surface area contributed by atoms with Gasteiger partial charge in [0.1, 0.15) is 24.2 Å². The minimum atomic E-state index is -1.23. The van der Waals surface area contributed by atoms with E-state index in [9.17, 15) is 48.3 Å². The van der Waals surface area contributed by atoms with Crippen LogP contribution in [0.25, 0.3) is 0 Å². The molecule has 7 amide bonds. The van der Waals surface area contributed by atoms with Gasteiger partial charge < -0.3 is 65.3 Å². The molecule has 1 saturated heterocycles. The van der Waals surface area contributed by atoms with Crippen molar-refractivity contribution >= 4 is 52.9 Å². The number of ketones is 2. The maximum Gasteiger partial charge on any atom is 0.243 e. The van der Waals surface area contributed by atoms with E-state index in [0.29, 0.717) is 12.0 Å². The summed E-state index contributed by atoms with van der Waals surface area (Å²) in [6.07, 6.45) is 3.22. The van der Waals surface area contributed by atoms with Crippen molar-refractivity contribution in [2.75, 3.05) is 32.7 Å². The summed E-state index contributed by atoms with van der Waals surface area (Å²) in [6.45, 7) is 6.80. The Balaban J connectivity index is 2.61. The van der Waals surface area contributed by atoms with E-state index < -0.39 is 120 Å². The summed E-state index contributed by atoms with van der Waals surface area (Å²) in [5, 5.41) is 29.3. The Hall–Kier alpha value is -5.35. The van der Waals surface area contributed by atoms with Crippen LogP contribution in [0.4, 0.5) is 0 Å². The third kappa shape index (κ3) is 23.2. The quantitative estimate of drug-likeness (QED) is 0.0575. The van der Waals surface area contributed by atoms with Crippen molar-refractivity contribution in [3.8, 4) is 0 Å². The van der Waals surface area contributed by atoms with Gasteiger partial charge in [0.25, 0.3) is 0 Å². The lowest BCUT2D eigenvalue weighted by atomic mass is 9.89. The highest BCUT2D eigenvalue weighted by molar-refractivity contribution is 5.98. The van der Waals surface area contributed by atoms with E-state index in [2.05, 4.69) is 44.1 Å². The molecule has 1 aliphatic heterocycles. The number of Topliss-reactive ketones (excluding diaryl/α,β-unsaturated/α-hetero) is 2. The third-order valence-corrected chi connectivity index (χ3v) is 12.5. The molecule has 21 nitrogen and oxygen atoms in total. The molecule has 1 aliphatic rings. The molecule has 9 atom stereocenters. The number of aliphatic hydroxyl groups excluding tert-OH is 1. The van der Waals surface area contributed by atoms with Crippen molar-refractivity contribution < 1.29 is 48.3 Å². The van der Waals surface area contributed by atoms with Gasteiger partial charge in [-0.3, -0.25) is 43.2 Å². The summed E-state index contributed by atoms with van der Waals surface area (Å²) in [4.78, 5) is 125. The van der Waals surface area contributed by atoms with Crippen LogP contribution in [0.2, 0.25) is 0 Å². The Labute approximate surface area is 419 Å². The Kier molecular flexibility index (Phi) is 29.7. The zero-order valence-electron chi connectivity index (χ0n) is 42.4. The largest absolute Gasteiger partial charge is 0.393 e. The van der Waals surface area contributed by atoms with Crippen LogP contribution in [0, 0.1) is 17.8 Å². The van der Waals surface area contributed by atoms with Gasteiger partial charge in [0.2, 0.25) is 41.4 Å². The van der Waals surface area contributed by atoms with Crippen LogP contribution in [-0.4, -0.2) is 133 Å². The molecule has 1 heterocycles. The van der Waals surface area contributed by atoms with Gasteiger partial charge in [-0.1, -0.05) is 90.1 Å². The molecule has 1 aromatic rings. The number of hydrogen-bond acceptors (Lipinski definition) is 14. The van der Waals surface area contributed by atoms with E-state index in [4.69, 9.17) is 22.9 Å². The van der Waals surface area contributed by atoms with Gasteiger partial charge in [0, 0.05) is 37.8 Å². The van der Waals surface area contributed by atoms with Crippen molar-refractivity contribution in [2.45, 2.75) is 173 Å². The number of carbonyl (C=O) groups excluding carboxylic acids is 9. The number of amides is 7. The zero-order chi connectivity index (χ0) is 52.9. The van der Waals surface area contributed by atoms with Crippen LogP contribution >= 0.6 is 0 Å². The maximum absolute atomic E-state index is 14.3. The first kappa shape index (κ1) is 61.8. The van der Waals surface area contributed by atoms with Crippen LogP contribution in [0.3, 0.4) is 0 Å². The van der Waals surface area contributed by atoms with Gasteiger partial charge in [-0.15, -0.1) is 0 Å². The molecular weight excluding hydrogens is 915 g/mol. The highest BCUT2D eigenvalue weighted by Gasteiger charge is 2.35. The van der Waals surface area contributed by atoms with Crippen LogP contribution in [0.15, 0.2) is 30.3 Å². The van der Waals surface area contributed by atoms with Crippen LogP contribution in [0.1, 0.15) is 130 Å². The van der Waals surface area contributed by atoms with E-state index in [-0.39, 0.29) is 90.0 Å². The molecule has 16 N–H and O–H groups in total. The molecule has 0 unspecified atom stereocenters. The number of carbonyl (C=O) groups is 9. The maximum atomic E-state index is 14.3. The van der Waals surface area contributed by atoms with E-state index in [1.807, 2.05) is 13.8 Å². The van der Waals surface area contributed by atoms with Crippen LogP contribution < -0.4 is 60.2 Å². The molecule has 1 aromatic carbocycles. The van der Waals surface area contributed by atoms with E-state index in [1.54, 1.807) is 37.3 Å². The Morgan fingerprint density at radius 3 is 1.77 bits per heavy atom. The molecule has 0 aromatic heterocycles. The van der Waals surface area contributed by atoms with Crippen molar-refractivity contribution in [3.63, 3.8) is 0 Å². The number of nitrogens with two attached hydrogens (primary N) is 4. The SMILES string of the molecule is CCCCCCC[C@@H](O)CC(=O)N[C@H](CN)C(=O)C[C@H]1CCNC(=O)[C@H](CC(C)C)NC(=O)[C@H](CCN)NC(=O)[C@H](CCN)NC(=O)[C@H](CC)NC(=O)[C@@H](Cc2ccccc2)CC(=O)[C@H](CCN)NC1=O. The lowest BCUT2D eigenvalue weighted by Crippen LogP contribution is -2.59. The molecule has 2 rings (SSSR count). The number of hydrogen-bond donors (Lipinski definition) is 12. The predicted molar refractivity (Wildman–Crippen MR) is 269 cm³/mol. The van der Waals surface area contributed by atoms with Crippen molar-refractivity contribution in [1.29, 1.82) is 0 Å². The lowest BCUT2D eigenvalue weighted by Gasteiger charge is -2.27. The van der Waals surface area contributed by atoms with Gasteiger partial charge >= 0.3 is 0 Å². The number of unbranched alkanes of at least 4 members (excludes halogenated alkanes) is 4. The van der Waals surface area contributed by atoms with E-state index in [0.717, 1.165) is 32.1 Å². The standard InChI is InChI=1S/C50H85N11O10/c1-5-7-8-9-13-16-35(62)29-44(65)56-41(30-54)43(64)27-33-20-24-55-47(68)40(25-31(3)4)61-50(71)39(19-23-53)60-49(70)38(18-22-52)59-48(69)36(6-2)57-46(67)34(26-32-14-11-10-12-15-32)28-42(63)37(17-21-51)58-45(33)66/h10-12,14-15,31,33-41,62H,5-9,13,16-30,51-54H2,1-4H3,(H,55,68)(H,56,65)(H,57,67)(H,58,66)(H,59,69)(H,60,70)(H,61,71)/t33-,34+,35-,36+,37+,38+,39+,40+,41-/m1/s1. The summed E-state index contributed by atoms with van der Waals surface area (Å²) in [5.41, 5.74) is 24.4. The first-order valence-corrected chi connectivity index (χ1v) is 25.6. The molecule has 0 bridgehead atoms. The first-order chi connectivity index (χ1) is 33.9. The van der Waals surface area contributed by atoms with Crippen LogP contribution in [-0.2, 0) is 49.6 Å². The molecule has 71 heavy (non-hydrogen) atoms. The van der Waals surface area contributed by atoms with E-state index in [1.165, 1.54) is 0 Å². The summed E-state index contributed by atoms with van der Waals surface area (Å²) >= 11 is 0. The highest BCUT2D eigenvalue weighted by Crippen LogP contribution is 2.19. The number of benzene rings is 1. The predicted octanol–water partition coefficient (Wildman–Crippen LogP) is -0.619. The van der Waals surface area contributed by atoms with Crippen molar-refractivity contribution in [3.05, 3.63) is 35.9 Å². The average molecular weight is 1000 g/mol. The average Bonchev–Trinajstić information content (AvgIpc) is 3.33. The summed E-state index contributed by atoms with van der Waals surface area (Å²) < 4.78 is 0. The van der Waals surface area contributed by atoms with Gasteiger partial charge in [-0.25, -0.2) is 0 Å². The number of nitrogens with one attached hydrogen (secondary N) is 7. The fourth-order valence-electron chi connectivity index (χ4n) is 8.37. The molecule has 0 saturated carbocycles. The smallest absolute Gasteiger partial charge is 0.243 e. The lowest BCUT2D eigenvalue weighted by molar-refractivity contribution is -0.136. The Bertz CT molecular complexity index is 1860. The van der Waals surface area contributed by atoms with Crippen molar-refractivity contribution in [1.82, 2.24) is 37.2 Å². The molecule has 21 heteroatoms. The second kappa shape index (κ2) is 34.1. The number of aliphatic hydroxyl groups is 1. The normalized spacial score (nSPS) is 23.6. The highest BCUT2D eigenvalue weighted by atomic mass is 16.3. The zero-order valence-corrected chi connectivity index (χ0v) is 42.4. The molecule has 0 radical (unpaired) electrons. The topological polar surface area (TPSA) is 362 Å². The Morgan fingerprint density at radius 2 is 1.21 bits per heavy atom. The molecular formula is C50H85N11O10. The van der Waals surface area contributed by atoms with Gasteiger partial charge in [0.05, 0.1) is 24.6 Å². The Morgan fingerprint density at radius 1 is 0.676 bits per heavy atom. The molecule has 0 spiro atoms. The van der Waals surface area contributed by atoms with Crippen LogP contribution in [0.5, 0.6) is 0 Å². The van der Waals surface area contributed by atoms with Gasteiger partial charge in [0.15, 0.2) is 11.6 Å². The minimum Gasteiger partial charge on any atom is -0.393 e. The van der Waals surface area contributed by atoms with Gasteiger partial charge in [-0.05, 0) is 82.5 Å². The van der Waals surface area contributed by atoms with Gasteiger partial charge in [-0.2, -0.15) is 0 Å². The molecule has 0 aliphatic carbocycles. The summed E-state index contributed by atoms with van der Waals surface area (Å²) in [5.74, 6) is -8.33. The fourth-order valence-corrected chi connectivity index (χ4v) is 8.37. The third-order valence-electron chi connectivity index (χ3n) is 12.5. The second-order valence-electron chi connectivity index (χ2n) is 19.0. The monoisotopic (exact) mass is 1000 g/mol. The minimum absolute atomic E-state index is 0.0305. The first-order valence-electron chi connectivity index (χ1n) is 25.6. The van der Waals surface area contributed by atoms with E-state index >= 15 is 0 Å². The second-order valence-corrected chi connectivity index (χ2v) is 19.0. The fraction of sp³-hybridized carbons (Fsp3) is 0.700. The van der Waals surface area contributed by atoms with Crippen molar-refractivity contribution in [2.24, 2.45) is 40.7 Å². The summed E-state index contributed by atoms with van der Waals surface area (Å²) in [6, 6.07) is 1.67. The summed E-state index contributed by atoms with van der Waals surface area (Å²) in [7, 11) is 0. The molecule has 400 valence electrons.